The summed E-state index contributed by atoms with van der Waals surface area (Å²) in [7, 11) is 0. The molecule has 0 fully saturated rings. The predicted molar refractivity (Wildman–Crippen MR) is 117 cm³/mol. The van der Waals surface area contributed by atoms with E-state index in [2.05, 4.69) is 6.92 Å². The fourth-order valence-electron chi connectivity index (χ4n) is 3.87. The summed E-state index contributed by atoms with van der Waals surface area (Å²) in [4.78, 5) is 26.2. The first-order chi connectivity index (χ1) is 14.1. The van der Waals surface area contributed by atoms with Crippen molar-refractivity contribution in [3.8, 4) is 11.5 Å². The van der Waals surface area contributed by atoms with Crippen molar-refractivity contribution in [2.75, 3.05) is 6.61 Å². The molecule has 0 saturated carbocycles. The van der Waals surface area contributed by atoms with Crippen LogP contribution in [0.15, 0.2) is 42.5 Å². The minimum Gasteiger partial charge on any atom is -0.504 e. The predicted octanol–water partition coefficient (Wildman–Crippen LogP) is 3.58. The van der Waals surface area contributed by atoms with E-state index in [0.717, 1.165) is 11.1 Å². The zero-order valence-corrected chi connectivity index (χ0v) is 18.9. The Hall–Kier alpha value is -2.40. The SMILES string of the molecule is [CH2-]C(C[OH2+])CC1C=Cc2c(cccc2C(C)(C)C(=O)Cc2ccc(O)c(O)c2)C1=O.[Mn]. The van der Waals surface area contributed by atoms with E-state index in [1.807, 2.05) is 32.1 Å². The molecule has 1 radical (unpaired) electrons. The van der Waals surface area contributed by atoms with Crippen LogP contribution < -0.4 is 0 Å². The molecule has 0 saturated heterocycles. The molecule has 0 amide bonds. The molecule has 0 heterocycles. The van der Waals surface area contributed by atoms with E-state index in [-0.39, 0.29) is 65.0 Å². The molecule has 1 aliphatic rings. The van der Waals surface area contributed by atoms with E-state index in [0.29, 0.717) is 17.5 Å². The Kier molecular flexibility index (Phi) is 7.87. The van der Waals surface area contributed by atoms with E-state index in [4.69, 9.17) is 5.11 Å². The monoisotopic (exact) mass is 463 g/mol. The summed E-state index contributed by atoms with van der Waals surface area (Å²) < 4.78 is 0. The van der Waals surface area contributed by atoms with E-state index in [1.54, 1.807) is 18.2 Å². The molecule has 0 bridgehead atoms. The molecular formula is C25H28MnO5. The summed E-state index contributed by atoms with van der Waals surface area (Å²) in [6.45, 7) is 7.77. The Labute approximate surface area is 193 Å². The average molecular weight is 463 g/mol. The number of phenolic OH excluding ortho intramolecular Hbond substituents is 2. The molecule has 2 unspecified atom stereocenters. The summed E-state index contributed by atoms with van der Waals surface area (Å²) in [5, 5.41) is 26.6. The van der Waals surface area contributed by atoms with Crippen molar-refractivity contribution in [1.82, 2.24) is 0 Å². The van der Waals surface area contributed by atoms with Gasteiger partial charge in [-0.25, -0.2) is 0 Å². The van der Waals surface area contributed by atoms with Crippen LogP contribution in [-0.2, 0) is 33.7 Å². The molecule has 6 heteroatoms. The fourth-order valence-corrected chi connectivity index (χ4v) is 3.87. The number of phenols is 2. The van der Waals surface area contributed by atoms with Crippen LogP contribution in [0.2, 0.25) is 0 Å². The summed E-state index contributed by atoms with van der Waals surface area (Å²) in [5.41, 5.74) is 1.89. The Balaban J connectivity index is 0.00000341. The van der Waals surface area contributed by atoms with Crippen molar-refractivity contribution in [3.63, 3.8) is 0 Å². The minimum absolute atomic E-state index is 0. The molecule has 3 rings (SSSR count). The van der Waals surface area contributed by atoms with Crippen LogP contribution in [-0.4, -0.2) is 33.5 Å². The Morgan fingerprint density at radius 3 is 2.55 bits per heavy atom. The quantitative estimate of drug-likeness (QED) is 0.284. The summed E-state index contributed by atoms with van der Waals surface area (Å²) in [6.07, 6.45) is 4.40. The van der Waals surface area contributed by atoms with Crippen molar-refractivity contribution >= 4 is 17.6 Å². The van der Waals surface area contributed by atoms with Crippen LogP contribution >= 0.6 is 0 Å². The molecule has 31 heavy (non-hydrogen) atoms. The third-order valence-corrected chi connectivity index (χ3v) is 5.85. The largest absolute Gasteiger partial charge is 0.504 e. The van der Waals surface area contributed by atoms with Crippen molar-refractivity contribution in [1.29, 1.82) is 0 Å². The van der Waals surface area contributed by atoms with Crippen LogP contribution in [0.25, 0.3) is 6.08 Å². The summed E-state index contributed by atoms with van der Waals surface area (Å²) >= 11 is 0. The number of ketones is 2. The van der Waals surface area contributed by atoms with E-state index in [9.17, 15) is 19.8 Å². The first-order valence-corrected chi connectivity index (χ1v) is 10.0. The Morgan fingerprint density at radius 2 is 1.90 bits per heavy atom. The second-order valence-corrected chi connectivity index (χ2v) is 8.45. The normalized spacial score (nSPS) is 16.4. The molecule has 0 aromatic heterocycles. The third-order valence-electron chi connectivity index (χ3n) is 5.85. The standard InChI is InChI=1S/C25H27O5.Mn/c1-15(14-26)11-17-8-9-18-19(24(17)30)5-4-6-20(18)25(2,3)23(29)13-16-7-10-21(27)22(28)12-16;/h4-10,12,15,17,26-28H,1,11,13-14H2,2-3H3;/q-1;/p+1. The second-order valence-electron chi connectivity index (χ2n) is 8.45. The number of carbonyl (C=O) groups excluding carboxylic acids is 2. The molecule has 0 spiro atoms. The maximum atomic E-state index is 13.2. The Bertz CT molecular complexity index is 1010. The molecule has 1 aliphatic carbocycles. The third kappa shape index (κ3) is 5.09. The van der Waals surface area contributed by atoms with Gasteiger partial charge < -0.3 is 22.2 Å². The van der Waals surface area contributed by atoms with Gasteiger partial charge in [-0.05, 0) is 42.7 Å². The van der Waals surface area contributed by atoms with Gasteiger partial charge in [0.25, 0.3) is 0 Å². The van der Waals surface area contributed by atoms with Crippen LogP contribution in [0.1, 0.15) is 47.3 Å². The zero-order valence-electron chi connectivity index (χ0n) is 17.7. The van der Waals surface area contributed by atoms with Crippen LogP contribution in [0.3, 0.4) is 0 Å². The number of hydrogen-bond donors (Lipinski definition) is 2. The number of benzene rings is 2. The van der Waals surface area contributed by atoms with Crippen molar-refractivity contribution < 1.29 is 42.0 Å². The fraction of sp³-hybridized carbons (Fsp3) is 0.320. The molecule has 2 aromatic carbocycles. The van der Waals surface area contributed by atoms with Crippen LogP contribution in [0.4, 0.5) is 0 Å². The molecule has 5 nitrogen and oxygen atoms in total. The van der Waals surface area contributed by atoms with Gasteiger partial charge in [-0.3, -0.25) is 9.59 Å². The van der Waals surface area contributed by atoms with Crippen LogP contribution in [0.5, 0.6) is 11.5 Å². The number of carbonyl (C=O) groups is 2. The number of rotatable bonds is 7. The number of aromatic hydroxyl groups is 2. The average Bonchev–Trinajstić information content (AvgIpc) is 2.72. The van der Waals surface area contributed by atoms with Gasteiger partial charge in [0.2, 0.25) is 0 Å². The smallest absolute Gasteiger partial charge is 0.170 e. The molecule has 2 atom stereocenters. The summed E-state index contributed by atoms with van der Waals surface area (Å²) in [6, 6.07) is 9.82. The van der Waals surface area contributed by atoms with Crippen molar-refractivity contribution in [2.45, 2.75) is 32.1 Å². The van der Waals surface area contributed by atoms with E-state index in [1.165, 1.54) is 12.1 Å². The van der Waals surface area contributed by atoms with Gasteiger partial charge in [0.1, 0.15) is 12.4 Å². The molecule has 4 N–H and O–H groups in total. The number of allylic oxidation sites excluding steroid dienone is 1. The molecule has 165 valence electrons. The van der Waals surface area contributed by atoms with Gasteiger partial charge in [-0.2, -0.15) is 0 Å². The number of hydrogen-bond acceptors (Lipinski definition) is 4. The molecule has 0 aliphatic heterocycles. The maximum absolute atomic E-state index is 13.2. The van der Waals surface area contributed by atoms with Gasteiger partial charge in [-0.1, -0.05) is 48.8 Å². The minimum atomic E-state index is -0.855. The van der Waals surface area contributed by atoms with Gasteiger partial charge in [0, 0.05) is 40.4 Å². The topological polar surface area (TPSA) is 97.5 Å². The van der Waals surface area contributed by atoms with Gasteiger partial charge in [0.05, 0.1) is 0 Å². The maximum Gasteiger partial charge on any atom is 0.170 e. The van der Waals surface area contributed by atoms with Gasteiger partial charge >= 0.3 is 0 Å². The second kappa shape index (κ2) is 9.82. The van der Waals surface area contributed by atoms with Crippen molar-refractivity contribution in [3.05, 3.63) is 71.7 Å². The zero-order chi connectivity index (χ0) is 22.1. The number of Topliss-reactive ketones (excluding diaryl/α,β-unsaturated/α-hetero) is 2. The van der Waals surface area contributed by atoms with Gasteiger partial charge in [0.15, 0.2) is 17.3 Å². The van der Waals surface area contributed by atoms with Gasteiger partial charge in [-0.15, -0.1) is 0 Å². The number of fused-ring (bicyclic) bond motifs is 1. The van der Waals surface area contributed by atoms with E-state index < -0.39 is 5.41 Å². The van der Waals surface area contributed by atoms with Crippen molar-refractivity contribution in [2.24, 2.45) is 11.8 Å². The van der Waals surface area contributed by atoms with Crippen LogP contribution in [0, 0.1) is 18.8 Å². The first kappa shape index (κ1) is 24.9. The van der Waals surface area contributed by atoms with E-state index >= 15 is 0 Å². The molecule has 2 aromatic rings. The summed E-state index contributed by atoms with van der Waals surface area (Å²) in [5.74, 6) is -0.937. The Morgan fingerprint density at radius 1 is 1.19 bits per heavy atom. The first-order valence-electron chi connectivity index (χ1n) is 10.0. The molecular weight excluding hydrogens is 435 g/mol.